The number of hydrogen-bond donors (Lipinski definition) is 0. The predicted octanol–water partition coefficient (Wildman–Crippen LogP) is 4.01. The lowest BCUT2D eigenvalue weighted by atomic mass is 9.82. The number of fused-ring (bicyclic) bond motifs is 2. The van der Waals surface area contributed by atoms with Gasteiger partial charge in [0.25, 0.3) is 5.89 Å². The van der Waals surface area contributed by atoms with Crippen molar-refractivity contribution in [2.75, 3.05) is 0 Å². The molecule has 0 amide bonds. The van der Waals surface area contributed by atoms with Gasteiger partial charge in [-0.3, -0.25) is 9.59 Å². The SMILES string of the molecule is O=C(OCc1nc(-c2ccc(F)cc2)no1)c1cccc2c1C(=O)c1ccccc1C2=O. The van der Waals surface area contributed by atoms with E-state index < -0.39 is 17.6 Å². The van der Waals surface area contributed by atoms with Crippen LogP contribution in [-0.4, -0.2) is 27.7 Å². The molecule has 0 unspecified atom stereocenters. The van der Waals surface area contributed by atoms with E-state index in [-0.39, 0.29) is 46.4 Å². The van der Waals surface area contributed by atoms with Crippen LogP contribution in [0.4, 0.5) is 4.39 Å². The highest BCUT2D eigenvalue weighted by atomic mass is 19.1. The molecule has 1 aromatic heterocycles. The zero-order valence-electron chi connectivity index (χ0n) is 16.4. The summed E-state index contributed by atoms with van der Waals surface area (Å²) in [6.07, 6.45) is 0. The number of aromatic nitrogens is 2. The summed E-state index contributed by atoms with van der Waals surface area (Å²) in [5.74, 6) is -1.71. The first-order chi connectivity index (χ1) is 15.5. The Labute approximate surface area is 180 Å². The number of carbonyl (C=O) groups is 3. The van der Waals surface area contributed by atoms with Gasteiger partial charge in [-0.05, 0) is 30.3 Å². The van der Waals surface area contributed by atoms with Crippen LogP contribution in [0.15, 0.2) is 71.3 Å². The molecule has 0 atom stereocenters. The highest BCUT2D eigenvalue weighted by molar-refractivity contribution is 6.30. The minimum absolute atomic E-state index is 0.0127. The minimum Gasteiger partial charge on any atom is -0.452 e. The number of rotatable bonds is 4. The number of halogens is 1. The molecule has 0 radical (unpaired) electrons. The van der Waals surface area contributed by atoms with Gasteiger partial charge in [-0.2, -0.15) is 4.98 Å². The largest absolute Gasteiger partial charge is 0.452 e. The number of carbonyl (C=O) groups excluding carboxylic acids is 3. The van der Waals surface area contributed by atoms with E-state index in [1.54, 1.807) is 24.3 Å². The Balaban J connectivity index is 1.38. The average Bonchev–Trinajstić information content (AvgIpc) is 3.30. The van der Waals surface area contributed by atoms with E-state index in [0.29, 0.717) is 11.1 Å². The molecule has 0 saturated heterocycles. The third-order valence-electron chi connectivity index (χ3n) is 5.07. The van der Waals surface area contributed by atoms with Crippen LogP contribution < -0.4 is 0 Å². The average molecular weight is 428 g/mol. The van der Waals surface area contributed by atoms with Gasteiger partial charge in [0.2, 0.25) is 5.82 Å². The van der Waals surface area contributed by atoms with Crippen molar-refractivity contribution >= 4 is 17.5 Å². The lowest BCUT2D eigenvalue weighted by Crippen LogP contribution is -2.24. The van der Waals surface area contributed by atoms with Crippen molar-refractivity contribution < 1.29 is 28.0 Å². The fourth-order valence-electron chi connectivity index (χ4n) is 3.55. The zero-order chi connectivity index (χ0) is 22.2. The normalized spacial score (nSPS) is 12.3. The topological polar surface area (TPSA) is 99.4 Å². The summed E-state index contributed by atoms with van der Waals surface area (Å²) in [5, 5.41) is 3.79. The molecule has 0 bridgehead atoms. The summed E-state index contributed by atoms with van der Waals surface area (Å²) in [7, 11) is 0. The third-order valence-corrected chi connectivity index (χ3v) is 5.07. The zero-order valence-corrected chi connectivity index (χ0v) is 16.4. The van der Waals surface area contributed by atoms with Crippen LogP contribution in [0.5, 0.6) is 0 Å². The molecule has 0 N–H and O–H groups in total. The lowest BCUT2D eigenvalue weighted by Gasteiger charge is -2.19. The van der Waals surface area contributed by atoms with Crippen LogP contribution in [0.1, 0.15) is 48.1 Å². The van der Waals surface area contributed by atoms with E-state index in [0.717, 1.165) is 0 Å². The van der Waals surface area contributed by atoms with Gasteiger partial charge in [-0.15, -0.1) is 0 Å². The highest BCUT2D eigenvalue weighted by Gasteiger charge is 2.33. The smallest absolute Gasteiger partial charge is 0.339 e. The molecular weight excluding hydrogens is 415 g/mol. The standard InChI is InChI=1S/C24H13FN2O5/c25-14-10-8-13(9-11-14)23-26-19(32-27-23)12-31-24(30)18-7-3-6-17-20(18)22(29)16-5-2-1-4-15(16)21(17)28/h1-11H,12H2. The van der Waals surface area contributed by atoms with Gasteiger partial charge in [-0.25, -0.2) is 9.18 Å². The Kier molecular flexibility index (Phi) is 4.67. The maximum absolute atomic E-state index is 13.1. The molecule has 5 rings (SSSR count). The van der Waals surface area contributed by atoms with E-state index in [2.05, 4.69) is 10.1 Å². The van der Waals surface area contributed by atoms with E-state index in [9.17, 15) is 18.8 Å². The van der Waals surface area contributed by atoms with E-state index in [1.165, 1.54) is 42.5 Å². The van der Waals surface area contributed by atoms with Gasteiger partial charge < -0.3 is 9.26 Å². The van der Waals surface area contributed by atoms with Gasteiger partial charge in [0.15, 0.2) is 18.2 Å². The van der Waals surface area contributed by atoms with Crippen LogP contribution in [-0.2, 0) is 11.3 Å². The van der Waals surface area contributed by atoms with E-state index >= 15 is 0 Å². The number of esters is 1. The Morgan fingerprint density at radius 3 is 2.31 bits per heavy atom. The quantitative estimate of drug-likeness (QED) is 0.399. The molecule has 7 nitrogen and oxygen atoms in total. The molecular formula is C24H13FN2O5. The van der Waals surface area contributed by atoms with Crippen molar-refractivity contribution in [1.29, 1.82) is 0 Å². The Morgan fingerprint density at radius 1 is 0.875 bits per heavy atom. The summed E-state index contributed by atoms with van der Waals surface area (Å²) in [5.41, 5.74) is 1.22. The molecule has 1 aliphatic carbocycles. The molecule has 0 aliphatic heterocycles. The van der Waals surface area contributed by atoms with Crippen molar-refractivity contribution in [3.63, 3.8) is 0 Å². The van der Waals surface area contributed by atoms with Crippen LogP contribution in [0, 0.1) is 5.82 Å². The maximum atomic E-state index is 13.1. The van der Waals surface area contributed by atoms with Gasteiger partial charge >= 0.3 is 5.97 Å². The lowest BCUT2D eigenvalue weighted by molar-refractivity contribution is 0.0427. The summed E-state index contributed by atoms with van der Waals surface area (Å²) < 4.78 is 23.4. The third kappa shape index (κ3) is 3.27. The monoisotopic (exact) mass is 428 g/mol. The first-order valence-electron chi connectivity index (χ1n) is 9.60. The van der Waals surface area contributed by atoms with Crippen molar-refractivity contribution in [3.8, 4) is 11.4 Å². The van der Waals surface area contributed by atoms with Crippen LogP contribution in [0.3, 0.4) is 0 Å². The Bertz CT molecular complexity index is 1390. The molecule has 8 heteroatoms. The van der Waals surface area contributed by atoms with Gasteiger partial charge in [-0.1, -0.05) is 41.6 Å². The van der Waals surface area contributed by atoms with Crippen molar-refractivity contribution in [3.05, 3.63) is 106 Å². The first-order valence-corrected chi connectivity index (χ1v) is 9.60. The fraction of sp³-hybridized carbons (Fsp3) is 0.0417. The number of nitrogens with zero attached hydrogens (tertiary/aromatic N) is 2. The Hall–Kier alpha value is -4.46. The highest BCUT2D eigenvalue weighted by Crippen LogP contribution is 2.30. The van der Waals surface area contributed by atoms with Gasteiger partial charge in [0, 0.05) is 27.8 Å². The van der Waals surface area contributed by atoms with Crippen LogP contribution in [0.25, 0.3) is 11.4 Å². The predicted molar refractivity (Wildman–Crippen MR) is 109 cm³/mol. The van der Waals surface area contributed by atoms with Crippen LogP contribution >= 0.6 is 0 Å². The van der Waals surface area contributed by atoms with Crippen LogP contribution in [0.2, 0.25) is 0 Å². The van der Waals surface area contributed by atoms with Crippen molar-refractivity contribution in [2.45, 2.75) is 6.61 Å². The Morgan fingerprint density at radius 2 is 1.56 bits per heavy atom. The molecule has 3 aromatic carbocycles. The molecule has 1 heterocycles. The molecule has 1 aliphatic rings. The molecule has 0 saturated carbocycles. The summed E-state index contributed by atoms with van der Waals surface area (Å²) in [6, 6.07) is 16.4. The number of ether oxygens (including phenoxy) is 1. The summed E-state index contributed by atoms with van der Waals surface area (Å²) in [4.78, 5) is 42.7. The number of benzene rings is 3. The molecule has 0 fully saturated rings. The maximum Gasteiger partial charge on any atom is 0.339 e. The van der Waals surface area contributed by atoms with Crippen molar-refractivity contribution in [2.24, 2.45) is 0 Å². The summed E-state index contributed by atoms with van der Waals surface area (Å²) >= 11 is 0. The molecule has 156 valence electrons. The molecule has 0 spiro atoms. The number of hydrogen-bond acceptors (Lipinski definition) is 7. The minimum atomic E-state index is -0.802. The second-order valence-corrected chi connectivity index (χ2v) is 7.03. The molecule has 4 aromatic rings. The summed E-state index contributed by atoms with van der Waals surface area (Å²) in [6.45, 7) is -0.338. The van der Waals surface area contributed by atoms with E-state index in [4.69, 9.17) is 9.26 Å². The van der Waals surface area contributed by atoms with Crippen molar-refractivity contribution in [1.82, 2.24) is 10.1 Å². The fourth-order valence-corrected chi connectivity index (χ4v) is 3.55. The van der Waals surface area contributed by atoms with Gasteiger partial charge in [0.1, 0.15) is 5.82 Å². The number of ketones is 2. The van der Waals surface area contributed by atoms with Gasteiger partial charge in [0.05, 0.1) is 5.56 Å². The second-order valence-electron chi connectivity index (χ2n) is 7.03. The first kappa shape index (κ1) is 19.5. The molecule has 32 heavy (non-hydrogen) atoms. The van der Waals surface area contributed by atoms with E-state index in [1.807, 2.05) is 0 Å². The second kappa shape index (κ2) is 7.66.